The number of benzene rings is 2. The summed E-state index contributed by atoms with van der Waals surface area (Å²) in [5.41, 5.74) is 14.8. The number of nitrogens with two attached hydrogens (primary N) is 2. The summed E-state index contributed by atoms with van der Waals surface area (Å²) in [6.45, 7) is 2.01. The van der Waals surface area contributed by atoms with E-state index < -0.39 is 6.04 Å². The number of fused-ring (bicyclic) bond motifs is 1. The van der Waals surface area contributed by atoms with E-state index in [2.05, 4.69) is 20.6 Å². The van der Waals surface area contributed by atoms with Crippen LogP contribution in [0, 0.1) is 29.7 Å². The number of aromatic nitrogens is 1. The van der Waals surface area contributed by atoms with Gasteiger partial charge in [-0.15, -0.1) is 0 Å². The first-order valence-corrected chi connectivity index (χ1v) is 9.33. The maximum absolute atomic E-state index is 9.41. The summed E-state index contributed by atoms with van der Waals surface area (Å²) in [7, 11) is 0. The molecule has 2 heterocycles. The highest BCUT2D eigenvalue weighted by molar-refractivity contribution is 5.98. The van der Waals surface area contributed by atoms with Gasteiger partial charge in [0.05, 0.1) is 5.69 Å². The van der Waals surface area contributed by atoms with Crippen LogP contribution >= 0.6 is 0 Å². The number of pyridine rings is 1. The molecule has 0 bridgehead atoms. The Labute approximate surface area is 178 Å². The smallest absolute Gasteiger partial charge is 0.211 e. The van der Waals surface area contributed by atoms with Gasteiger partial charge in [0.15, 0.2) is 6.19 Å². The van der Waals surface area contributed by atoms with Crippen molar-refractivity contribution < 1.29 is 4.74 Å². The molecule has 31 heavy (non-hydrogen) atoms. The molecule has 0 saturated carbocycles. The van der Waals surface area contributed by atoms with E-state index in [0.717, 1.165) is 16.9 Å². The van der Waals surface area contributed by atoms with Gasteiger partial charge < -0.3 is 21.5 Å². The lowest BCUT2D eigenvalue weighted by Crippen LogP contribution is -2.32. The predicted molar refractivity (Wildman–Crippen MR) is 117 cm³/mol. The van der Waals surface area contributed by atoms with Gasteiger partial charge in [-0.25, -0.2) is 9.98 Å². The quantitative estimate of drug-likeness (QED) is 0.378. The first kappa shape index (κ1) is 19.6. The number of aliphatic imine (C=N–C) groups is 1. The summed E-state index contributed by atoms with van der Waals surface area (Å²) in [5.74, 6) is 1.93. The molecule has 0 amide bonds. The zero-order valence-corrected chi connectivity index (χ0v) is 16.5. The molecule has 0 saturated heterocycles. The predicted octanol–water partition coefficient (Wildman–Crippen LogP) is 3.16. The topological polar surface area (TPSA) is 158 Å². The second-order valence-electron chi connectivity index (χ2n) is 6.89. The molecule has 0 aliphatic carbocycles. The van der Waals surface area contributed by atoms with Crippen LogP contribution in [-0.4, -0.2) is 10.9 Å². The molecular weight excluding hydrogens is 392 g/mol. The van der Waals surface area contributed by atoms with Crippen molar-refractivity contribution in [2.45, 2.75) is 13.0 Å². The first-order valence-electron chi connectivity index (χ1n) is 9.33. The molecule has 1 unspecified atom stereocenters. The molecule has 3 aromatic rings. The Morgan fingerprint density at radius 2 is 1.68 bits per heavy atom. The number of rotatable bonds is 3. The van der Waals surface area contributed by atoms with Gasteiger partial charge in [-0.05, 0) is 36.8 Å². The third kappa shape index (κ3) is 3.76. The minimum atomic E-state index is -0.597. The fourth-order valence-electron chi connectivity index (χ4n) is 3.28. The highest BCUT2D eigenvalue weighted by atomic mass is 16.5. The number of ether oxygens (including phenoxy) is 1. The molecule has 1 atom stereocenters. The minimum Gasteiger partial charge on any atom is -0.457 e. The van der Waals surface area contributed by atoms with E-state index in [-0.39, 0.29) is 23.0 Å². The second-order valence-corrected chi connectivity index (χ2v) is 6.89. The first-order chi connectivity index (χ1) is 15.0. The standard InChI is InChI=1S/C22H18N8O/c1-12-2-6-14(7-3-12)31-15-8-4-13(5-9-15)19-17-18(25)16(10-23)20(26)29-21(17)30-22(28-19)27-11-24/h2-9,19H,1H3,(H6,25,26,27,28,29,30). The Hall–Kier alpha value is -4.76. The molecule has 1 aromatic heterocycles. The Kier molecular flexibility index (Phi) is 5.00. The van der Waals surface area contributed by atoms with E-state index in [1.54, 1.807) is 0 Å². The summed E-state index contributed by atoms with van der Waals surface area (Å²) in [6.07, 6.45) is 1.83. The average molecular weight is 410 g/mol. The van der Waals surface area contributed by atoms with Crippen molar-refractivity contribution in [2.75, 3.05) is 16.8 Å². The normalized spacial score (nSPS) is 14.3. The van der Waals surface area contributed by atoms with Crippen molar-refractivity contribution in [3.8, 4) is 23.8 Å². The average Bonchev–Trinajstić information content (AvgIpc) is 2.76. The third-order valence-corrected chi connectivity index (χ3v) is 4.81. The Morgan fingerprint density at radius 1 is 1.03 bits per heavy atom. The van der Waals surface area contributed by atoms with E-state index in [0.29, 0.717) is 17.1 Å². The van der Waals surface area contributed by atoms with Crippen molar-refractivity contribution in [3.63, 3.8) is 0 Å². The van der Waals surface area contributed by atoms with Crippen LogP contribution < -0.4 is 26.8 Å². The molecular formula is C22H18N8O. The van der Waals surface area contributed by atoms with Gasteiger partial charge >= 0.3 is 0 Å². The maximum atomic E-state index is 9.41. The Bertz CT molecular complexity index is 1250. The molecule has 2 aromatic carbocycles. The van der Waals surface area contributed by atoms with Crippen molar-refractivity contribution in [3.05, 3.63) is 70.8 Å². The molecule has 1 aliphatic heterocycles. The van der Waals surface area contributed by atoms with Crippen LogP contribution in [-0.2, 0) is 0 Å². The number of nitrogens with one attached hydrogen (secondary N) is 2. The number of hydrogen-bond donors (Lipinski definition) is 4. The summed E-state index contributed by atoms with van der Waals surface area (Å²) < 4.78 is 5.88. The van der Waals surface area contributed by atoms with Crippen LogP contribution in [0.3, 0.4) is 0 Å². The number of nitriles is 2. The molecule has 0 radical (unpaired) electrons. The summed E-state index contributed by atoms with van der Waals surface area (Å²) in [6, 6.07) is 16.5. The van der Waals surface area contributed by atoms with E-state index in [1.807, 2.05) is 67.7 Å². The fourth-order valence-corrected chi connectivity index (χ4v) is 3.28. The highest BCUT2D eigenvalue weighted by Crippen LogP contribution is 2.40. The van der Waals surface area contributed by atoms with Gasteiger partial charge in [0.2, 0.25) is 5.96 Å². The van der Waals surface area contributed by atoms with Gasteiger partial charge in [-0.1, -0.05) is 29.8 Å². The van der Waals surface area contributed by atoms with E-state index in [9.17, 15) is 5.26 Å². The van der Waals surface area contributed by atoms with Gasteiger partial charge in [-0.2, -0.15) is 10.5 Å². The second kappa shape index (κ2) is 7.93. The van der Waals surface area contributed by atoms with Gasteiger partial charge in [0.1, 0.15) is 40.8 Å². The van der Waals surface area contributed by atoms with Crippen LogP contribution in [0.5, 0.6) is 11.5 Å². The minimum absolute atomic E-state index is 0.00468. The van der Waals surface area contributed by atoms with Crippen molar-refractivity contribution in [2.24, 2.45) is 4.99 Å². The van der Waals surface area contributed by atoms with Crippen molar-refractivity contribution in [1.29, 1.82) is 10.5 Å². The van der Waals surface area contributed by atoms with Gasteiger partial charge in [0, 0.05) is 5.56 Å². The molecule has 1 aliphatic rings. The van der Waals surface area contributed by atoms with Gasteiger partial charge in [0.25, 0.3) is 0 Å². The van der Waals surface area contributed by atoms with Crippen LogP contribution in [0.15, 0.2) is 53.5 Å². The molecule has 4 rings (SSSR count). The van der Waals surface area contributed by atoms with Crippen LogP contribution in [0.25, 0.3) is 0 Å². The molecule has 0 fully saturated rings. The number of anilines is 3. The Morgan fingerprint density at radius 3 is 2.29 bits per heavy atom. The van der Waals surface area contributed by atoms with Crippen LogP contribution in [0.2, 0.25) is 0 Å². The van der Waals surface area contributed by atoms with E-state index >= 15 is 0 Å². The third-order valence-electron chi connectivity index (χ3n) is 4.81. The molecule has 152 valence electrons. The Balaban J connectivity index is 1.72. The number of nitrogens with zero attached hydrogens (tertiary/aromatic N) is 4. The lowest BCUT2D eigenvalue weighted by atomic mass is 9.95. The van der Waals surface area contributed by atoms with Crippen LogP contribution in [0.1, 0.15) is 28.3 Å². The highest BCUT2D eigenvalue weighted by Gasteiger charge is 2.29. The largest absolute Gasteiger partial charge is 0.457 e. The van der Waals surface area contributed by atoms with Crippen LogP contribution in [0.4, 0.5) is 17.3 Å². The SMILES string of the molecule is Cc1ccc(Oc2ccc(C3N=C(NC#N)Nc4nc(N)c(C#N)c(N)c43)cc2)cc1. The van der Waals surface area contributed by atoms with Crippen molar-refractivity contribution in [1.82, 2.24) is 10.3 Å². The summed E-state index contributed by atoms with van der Waals surface area (Å²) in [4.78, 5) is 8.78. The van der Waals surface area contributed by atoms with Gasteiger partial charge in [-0.3, -0.25) is 5.32 Å². The lowest BCUT2D eigenvalue weighted by Gasteiger charge is -2.26. The lowest BCUT2D eigenvalue weighted by molar-refractivity contribution is 0.482. The molecule has 0 spiro atoms. The number of hydrogen-bond acceptors (Lipinski definition) is 9. The summed E-state index contributed by atoms with van der Waals surface area (Å²) in [5, 5.41) is 23.8. The molecule has 9 nitrogen and oxygen atoms in total. The number of nitrogen functional groups attached to an aromatic ring is 2. The molecule has 6 N–H and O–H groups in total. The monoisotopic (exact) mass is 410 g/mol. The summed E-state index contributed by atoms with van der Waals surface area (Å²) >= 11 is 0. The zero-order chi connectivity index (χ0) is 22.0. The zero-order valence-electron chi connectivity index (χ0n) is 16.5. The number of aryl methyl sites for hydroxylation is 1. The van der Waals surface area contributed by atoms with E-state index in [1.165, 1.54) is 0 Å². The van der Waals surface area contributed by atoms with Crippen molar-refractivity contribution >= 4 is 23.3 Å². The molecule has 9 heteroatoms. The van der Waals surface area contributed by atoms with E-state index in [4.69, 9.17) is 21.5 Å². The fraction of sp³-hybridized carbons (Fsp3) is 0.0909. The maximum Gasteiger partial charge on any atom is 0.211 e. The number of guanidine groups is 1.